The fourth-order valence-electron chi connectivity index (χ4n) is 2.69. The zero-order chi connectivity index (χ0) is 17.5. The molecule has 0 aromatic carbocycles. The molecule has 0 unspecified atom stereocenters. The summed E-state index contributed by atoms with van der Waals surface area (Å²) in [5.74, 6) is 1.48. The second-order valence-corrected chi connectivity index (χ2v) is 6.42. The summed E-state index contributed by atoms with van der Waals surface area (Å²) in [5.41, 5.74) is 0.834. The van der Waals surface area contributed by atoms with E-state index in [-0.39, 0.29) is 6.10 Å². The number of pyridine rings is 2. The summed E-state index contributed by atoms with van der Waals surface area (Å²) in [5, 5.41) is 1.01. The second kappa shape index (κ2) is 8.71. The summed E-state index contributed by atoms with van der Waals surface area (Å²) in [7, 11) is 1.61. The Morgan fingerprint density at radius 2 is 1.96 bits per heavy atom. The highest BCUT2D eigenvalue weighted by Crippen LogP contribution is 2.23. The molecule has 7 heteroatoms. The van der Waals surface area contributed by atoms with Gasteiger partial charge < -0.3 is 14.4 Å². The topological polar surface area (TPSA) is 59.8 Å². The molecular weight excluding hydrogens is 336 g/mol. The molecule has 2 aromatic heterocycles. The van der Waals surface area contributed by atoms with Crippen LogP contribution >= 0.6 is 11.8 Å². The zero-order valence-corrected chi connectivity index (χ0v) is 15.3. The molecule has 1 saturated heterocycles. The highest BCUT2D eigenvalue weighted by Gasteiger charge is 2.22. The van der Waals surface area contributed by atoms with Gasteiger partial charge in [-0.1, -0.05) is 11.8 Å². The fraction of sp³-hybridized carbons (Fsp3) is 0.389. The van der Waals surface area contributed by atoms with Crippen LogP contribution < -0.4 is 9.47 Å². The highest BCUT2D eigenvalue weighted by molar-refractivity contribution is 8.13. The predicted molar refractivity (Wildman–Crippen MR) is 101 cm³/mol. The molecule has 6 nitrogen and oxygen atoms in total. The van der Waals surface area contributed by atoms with Crippen LogP contribution in [0.15, 0.2) is 47.8 Å². The van der Waals surface area contributed by atoms with Gasteiger partial charge in [-0.05, 0) is 24.5 Å². The van der Waals surface area contributed by atoms with Crippen LogP contribution in [0, 0.1) is 0 Å². The molecule has 1 aliphatic heterocycles. The molecule has 0 bridgehead atoms. The van der Waals surface area contributed by atoms with Gasteiger partial charge in [-0.15, -0.1) is 0 Å². The summed E-state index contributed by atoms with van der Waals surface area (Å²) in [6.45, 7) is 1.86. The summed E-state index contributed by atoms with van der Waals surface area (Å²) >= 11 is 1.65. The third kappa shape index (κ3) is 4.85. The van der Waals surface area contributed by atoms with Crippen LogP contribution in [0.4, 0.5) is 5.69 Å². The first-order chi connectivity index (χ1) is 12.3. The predicted octanol–water partition coefficient (Wildman–Crippen LogP) is 3.38. The van der Waals surface area contributed by atoms with Gasteiger partial charge in [-0.3, -0.25) is 4.98 Å². The van der Waals surface area contributed by atoms with Crippen LogP contribution in [0.3, 0.4) is 0 Å². The van der Waals surface area contributed by atoms with Crippen molar-refractivity contribution in [2.75, 3.05) is 26.5 Å². The average Bonchev–Trinajstić information content (AvgIpc) is 2.68. The van der Waals surface area contributed by atoms with Gasteiger partial charge in [0.25, 0.3) is 0 Å². The molecule has 0 spiro atoms. The first-order valence-electron chi connectivity index (χ1n) is 8.23. The smallest absolute Gasteiger partial charge is 0.213 e. The first kappa shape index (κ1) is 17.5. The van der Waals surface area contributed by atoms with Gasteiger partial charge in [0, 0.05) is 44.4 Å². The monoisotopic (exact) mass is 358 g/mol. The molecule has 132 valence electrons. The number of hydrogen-bond donors (Lipinski definition) is 0. The van der Waals surface area contributed by atoms with Crippen molar-refractivity contribution in [1.82, 2.24) is 14.9 Å². The van der Waals surface area contributed by atoms with Gasteiger partial charge >= 0.3 is 0 Å². The third-order valence-electron chi connectivity index (χ3n) is 4.00. The average molecular weight is 358 g/mol. The maximum atomic E-state index is 6.02. The van der Waals surface area contributed by atoms with Crippen molar-refractivity contribution in [1.29, 1.82) is 0 Å². The van der Waals surface area contributed by atoms with Crippen LogP contribution in [0.1, 0.15) is 12.8 Å². The van der Waals surface area contributed by atoms with E-state index in [0.29, 0.717) is 5.88 Å². The van der Waals surface area contributed by atoms with Gasteiger partial charge in [-0.25, -0.2) is 9.98 Å². The standard InChI is InChI=1S/C18H22N4O2S/c1-23-17-4-3-14(13-20-17)21-18(25-2)22-11-7-16(8-12-22)24-15-5-9-19-10-6-15/h3-6,9-10,13,16H,7-8,11-12H2,1-2H3. The minimum absolute atomic E-state index is 0.240. The number of aromatic nitrogens is 2. The number of likely N-dealkylation sites (tertiary alicyclic amines) is 1. The minimum atomic E-state index is 0.240. The molecule has 25 heavy (non-hydrogen) atoms. The van der Waals surface area contributed by atoms with Crippen molar-refractivity contribution in [3.8, 4) is 11.6 Å². The molecule has 1 fully saturated rings. The molecule has 0 amide bonds. The van der Waals surface area contributed by atoms with Gasteiger partial charge in [0.2, 0.25) is 5.88 Å². The van der Waals surface area contributed by atoms with Gasteiger partial charge in [0.15, 0.2) is 5.17 Å². The number of aliphatic imine (C=N–C) groups is 1. The number of amidine groups is 1. The first-order valence-corrected chi connectivity index (χ1v) is 9.45. The molecule has 3 heterocycles. The molecule has 1 aliphatic rings. The largest absolute Gasteiger partial charge is 0.490 e. The van der Waals surface area contributed by atoms with Crippen LogP contribution in [-0.4, -0.2) is 52.6 Å². The van der Waals surface area contributed by atoms with E-state index in [1.165, 1.54) is 0 Å². The van der Waals surface area contributed by atoms with Gasteiger partial charge in [0.05, 0.1) is 19.0 Å². The molecule has 0 atom stereocenters. The molecule has 0 radical (unpaired) electrons. The van der Waals surface area contributed by atoms with Gasteiger partial charge in [0.1, 0.15) is 11.9 Å². The van der Waals surface area contributed by atoms with Crippen molar-refractivity contribution >= 4 is 22.6 Å². The van der Waals surface area contributed by atoms with E-state index in [9.17, 15) is 0 Å². The molecule has 0 N–H and O–H groups in total. The van der Waals surface area contributed by atoms with Crippen molar-refractivity contribution in [2.45, 2.75) is 18.9 Å². The molecular formula is C18H22N4O2S. The Balaban J connectivity index is 1.58. The molecule has 2 aromatic rings. The third-order valence-corrected chi connectivity index (χ3v) is 4.72. The SMILES string of the molecule is COc1ccc(N=C(SC)N2CCC(Oc3ccncc3)CC2)cn1. The van der Waals surface area contributed by atoms with Crippen molar-refractivity contribution in [3.63, 3.8) is 0 Å². The van der Waals surface area contributed by atoms with Gasteiger partial charge in [-0.2, -0.15) is 0 Å². The Morgan fingerprint density at radius 1 is 1.20 bits per heavy atom. The van der Waals surface area contributed by atoms with E-state index in [1.54, 1.807) is 37.5 Å². The lowest BCUT2D eigenvalue weighted by atomic mass is 10.1. The number of ether oxygens (including phenoxy) is 2. The van der Waals surface area contributed by atoms with E-state index in [1.807, 2.05) is 24.3 Å². The summed E-state index contributed by atoms with van der Waals surface area (Å²) in [4.78, 5) is 15.3. The molecule has 0 aliphatic carbocycles. The molecule has 3 rings (SSSR count). The number of methoxy groups -OCH3 is 1. The number of nitrogens with zero attached hydrogens (tertiary/aromatic N) is 4. The summed E-state index contributed by atoms with van der Waals surface area (Å²) in [6, 6.07) is 7.54. The Kier molecular flexibility index (Phi) is 6.11. The number of piperidine rings is 1. The summed E-state index contributed by atoms with van der Waals surface area (Å²) in [6.07, 6.45) is 9.48. The number of thioether (sulfide) groups is 1. The van der Waals surface area contributed by atoms with E-state index >= 15 is 0 Å². The Hall–Kier alpha value is -2.28. The molecule has 0 saturated carbocycles. The fourth-order valence-corrected chi connectivity index (χ4v) is 3.33. The quantitative estimate of drug-likeness (QED) is 0.617. The van der Waals surface area contributed by atoms with E-state index < -0.39 is 0 Å². The lowest BCUT2D eigenvalue weighted by molar-refractivity contribution is 0.132. The van der Waals surface area contributed by atoms with E-state index in [4.69, 9.17) is 14.5 Å². The second-order valence-electron chi connectivity index (χ2n) is 5.64. The Bertz CT molecular complexity index is 686. The lowest BCUT2D eigenvalue weighted by Crippen LogP contribution is -2.40. The van der Waals surface area contributed by atoms with Crippen molar-refractivity contribution in [2.24, 2.45) is 4.99 Å². The minimum Gasteiger partial charge on any atom is -0.490 e. The van der Waals surface area contributed by atoms with Crippen LogP contribution in [0.5, 0.6) is 11.6 Å². The lowest BCUT2D eigenvalue weighted by Gasteiger charge is -2.33. The van der Waals surface area contributed by atoms with E-state index in [2.05, 4.69) is 21.1 Å². The maximum Gasteiger partial charge on any atom is 0.213 e. The van der Waals surface area contributed by atoms with Crippen LogP contribution in [-0.2, 0) is 0 Å². The Morgan fingerprint density at radius 3 is 2.56 bits per heavy atom. The zero-order valence-electron chi connectivity index (χ0n) is 14.5. The van der Waals surface area contributed by atoms with Crippen LogP contribution in [0.25, 0.3) is 0 Å². The number of hydrogen-bond acceptors (Lipinski definition) is 6. The van der Waals surface area contributed by atoms with Crippen LogP contribution in [0.2, 0.25) is 0 Å². The summed E-state index contributed by atoms with van der Waals surface area (Å²) < 4.78 is 11.1. The Labute approximate surface area is 152 Å². The van der Waals surface area contributed by atoms with Crippen molar-refractivity contribution in [3.05, 3.63) is 42.9 Å². The van der Waals surface area contributed by atoms with E-state index in [0.717, 1.165) is 42.5 Å². The highest BCUT2D eigenvalue weighted by atomic mass is 32.2. The normalized spacial score (nSPS) is 15.9. The number of rotatable bonds is 4. The van der Waals surface area contributed by atoms with Crippen molar-refractivity contribution < 1.29 is 9.47 Å². The maximum absolute atomic E-state index is 6.02.